The van der Waals surface area contributed by atoms with E-state index in [0.29, 0.717) is 35.0 Å². The Morgan fingerprint density at radius 1 is 1.02 bits per heavy atom. The lowest BCUT2D eigenvalue weighted by molar-refractivity contribution is -0.169. The number of nitrogen functional groups attached to an aromatic ring is 1. The van der Waals surface area contributed by atoms with Crippen LogP contribution < -0.4 is 21.1 Å². The molecule has 1 aliphatic carbocycles. The molecule has 12 nitrogen and oxygen atoms in total. The Bertz CT molecular complexity index is 1680. The molecule has 1 saturated carbocycles. The highest BCUT2D eigenvalue weighted by atomic mass is 16.7. The molecule has 0 bridgehead atoms. The predicted octanol–water partition coefficient (Wildman–Crippen LogP) is 4.78. The van der Waals surface area contributed by atoms with Gasteiger partial charge in [0.15, 0.2) is 5.69 Å². The summed E-state index contributed by atoms with van der Waals surface area (Å²) in [7, 11) is 1.45. The first kappa shape index (κ1) is 33.4. The lowest BCUT2D eigenvalue weighted by Crippen LogP contribution is -2.28. The summed E-state index contributed by atoms with van der Waals surface area (Å²) < 4.78 is 16.2. The molecular formula is C34H37N5O7. The summed E-state index contributed by atoms with van der Waals surface area (Å²) in [4.78, 5) is 56.8. The summed E-state index contributed by atoms with van der Waals surface area (Å²) in [6.07, 6.45) is 2.33. The number of benzene rings is 2. The third kappa shape index (κ3) is 8.14. The fourth-order valence-corrected chi connectivity index (χ4v) is 4.41. The van der Waals surface area contributed by atoms with E-state index >= 15 is 0 Å². The molecule has 1 aliphatic rings. The first-order valence-electron chi connectivity index (χ1n) is 14.7. The van der Waals surface area contributed by atoms with Gasteiger partial charge in [0.25, 0.3) is 11.8 Å². The van der Waals surface area contributed by atoms with Crippen molar-refractivity contribution >= 4 is 41.4 Å². The minimum atomic E-state index is -1.26. The molecule has 240 valence electrons. The van der Waals surface area contributed by atoms with Crippen molar-refractivity contribution in [2.24, 2.45) is 17.6 Å². The van der Waals surface area contributed by atoms with Crippen molar-refractivity contribution in [3.05, 3.63) is 83.2 Å². The van der Waals surface area contributed by atoms with E-state index in [-0.39, 0.29) is 33.9 Å². The van der Waals surface area contributed by atoms with E-state index in [1.54, 1.807) is 50.2 Å². The number of amides is 2. The molecule has 1 unspecified atom stereocenters. The minimum Gasteiger partial charge on any atom is -0.496 e. The van der Waals surface area contributed by atoms with Crippen LogP contribution in [0.1, 0.15) is 76.1 Å². The third-order valence-corrected chi connectivity index (χ3v) is 7.17. The van der Waals surface area contributed by atoms with E-state index in [2.05, 4.69) is 22.2 Å². The monoisotopic (exact) mass is 627 g/mol. The van der Waals surface area contributed by atoms with Gasteiger partial charge in [-0.15, -0.1) is 0 Å². The van der Waals surface area contributed by atoms with Gasteiger partial charge in [0.05, 0.1) is 13.0 Å². The van der Waals surface area contributed by atoms with Gasteiger partial charge in [-0.25, -0.2) is 9.78 Å². The van der Waals surface area contributed by atoms with Crippen molar-refractivity contribution in [3.63, 3.8) is 0 Å². The van der Waals surface area contributed by atoms with E-state index in [0.717, 1.165) is 12.8 Å². The molecule has 4 rings (SSSR count). The maximum Gasteiger partial charge on any atom is 0.360 e. The van der Waals surface area contributed by atoms with Gasteiger partial charge < -0.3 is 30.6 Å². The zero-order valence-electron chi connectivity index (χ0n) is 26.1. The van der Waals surface area contributed by atoms with Gasteiger partial charge in [-0.3, -0.25) is 19.8 Å². The molecule has 3 aromatic rings. The normalized spacial score (nSPS) is 12.9. The lowest BCUT2D eigenvalue weighted by Gasteiger charge is -2.19. The Balaban J connectivity index is 1.79. The van der Waals surface area contributed by atoms with Gasteiger partial charge in [0.1, 0.15) is 17.3 Å². The number of rotatable bonds is 13. The molecule has 12 heteroatoms. The van der Waals surface area contributed by atoms with E-state index in [4.69, 9.17) is 25.4 Å². The van der Waals surface area contributed by atoms with Crippen LogP contribution in [-0.2, 0) is 14.3 Å². The van der Waals surface area contributed by atoms with Crippen molar-refractivity contribution in [3.8, 4) is 16.9 Å². The topological polar surface area (TPSA) is 183 Å². The zero-order chi connectivity index (χ0) is 33.5. The van der Waals surface area contributed by atoms with Crippen LogP contribution in [0.4, 0.5) is 5.69 Å². The van der Waals surface area contributed by atoms with E-state index < -0.39 is 36.0 Å². The first-order chi connectivity index (χ1) is 21.9. The Hall–Kier alpha value is -5.52. The van der Waals surface area contributed by atoms with Gasteiger partial charge in [-0.2, -0.15) is 0 Å². The highest BCUT2D eigenvalue weighted by molar-refractivity contribution is 6.11. The molecule has 0 spiro atoms. The second-order valence-electron chi connectivity index (χ2n) is 11.1. The molecule has 5 N–H and O–H groups in total. The largest absolute Gasteiger partial charge is 0.496 e. The number of pyridine rings is 1. The van der Waals surface area contributed by atoms with Crippen LogP contribution in [0.3, 0.4) is 0 Å². The number of amidine groups is 1. The predicted molar refractivity (Wildman–Crippen MR) is 173 cm³/mol. The van der Waals surface area contributed by atoms with Crippen LogP contribution in [0.2, 0.25) is 0 Å². The average molecular weight is 628 g/mol. The number of methoxy groups -OCH3 is 1. The molecule has 2 amide bonds. The molecule has 1 aromatic heterocycles. The highest BCUT2D eigenvalue weighted by Crippen LogP contribution is 2.35. The van der Waals surface area contributed by atoms with Crippen molar-refractivity contribution in [2.75, 3.05) is 19.0 Å². The average Bonchev–Trinajstić information content (AvgIpc) is 3.87. The fraction of sp³-hybridized carbons (Fsp3) is 0.294. The Morgan fingerprint density at radius 3 is 2.30 bits per heavy atom. The number of esters is 2. The lowest BCUT2D eigenvalue weighted by atomic mass is 9.94. The number of hydrogen-bond donors (Lipinski definition) is 4. The summed E-state index contributed by atoms with van der Waals surface area (Å²) in [5.41, 5.74) is 7.20. The van der Waals surface area contributed by atoms with Crippen LogP contribution >= 0.6 is 0 Å². The Labute approximate surface area is 266 Å². The minimum absolute atomic E-state index is 0.0329. The molecule has 1 atom stereocenters. The summed E-state index contributed by atoms with van der Waals surface area (Å²) in [6, 6.07) is 12.5. The Kier molecular flexibility index (Phi) is 10.5. The standard InChI is InChI=1S/C34H37N5O7/c1-6-21-15-26(31(40)38-23-11-9-22(10-12-23)30(35)36)25(16-28(21)44-5)24-13-14-27(32(41)37-17-20-7-8-20)39-29(24)34(43)46-19(4)45-33(42)18(2)3/h6,9-16,18-20H,1,7-8,17H2,2-5H3,(H3,35,36)(H,37,41)(H,38,40). The van der Waals surface area contributed by atoms with Crippen molar-refractivity contribution in [1.82, 2.24) is 10.3 Å². The Morgan fingerprint density at radius 2 is 1.72 bits per heavy atom. The SMILES string of the molecule is C=Cc1cc(C(=O)Nc2ccc(C(=N)N)cc2)c(-c2ccc(C(=O)NCC3CC3)nc2C(=O)OC(C)OC(=O)C(C)C)cc1OC. The fourth-order valence-electron chi connectivity index (χ4n) is 4.41. The summed E-state index contributed by atoms with van der Waals surface area (Å²) in [5.74, 6) is -2.35. The number of aromatic nitrogens is 1. The molecule has 1 fully saturated rings. The number of ether oxygens (including phenoxy) is 3. The van der Waals surface area contributed by atoms with Gasteiger partial charge >= 0.3 is 11.9 Å². The summed E-state index contributed by atoms with van der Waals surface area (Å²) in [5, 5.41) is 13.2. The molecular weight excluding hydrogens is 590 g/mol. The first-order valence-corrected chi connectivity index (χ1v) is 14.7. The quantitative estimate of drug-likeness (QED) is 0.0897. The number of carbonyl (C=O) groups is 4. The van der Waals surface area contributed by atoms with Crippen LogP contribution in [0, 0.1) is 17.2 Å². The highest BCUT2D eigenvalue weighted by Gasteiger charge is 2.28. The zero-order valence-corrected chi connectivity index (χ0v) is 26.1. The molecule has 0 radical (unpaired) electrons. The van der Waals surface area contributed by atoms with E-state index in [1.807, 2.05) is 0 Å². The number of nitrogens with zero attached hydrogens (tertiary/aromatic N) is 1. The van der Waals surface area contributed by atoms with Gasteiger partial charge in [-0.05, 0) is 67.3 Å². The van der Waals surface area contributed by atoms with Crippen molar-refractivity contribution in [2.45, 2.75) is 39.9 Å². The summed E-state index contributed by atoms with van der Waals surface area (Å²) in [6.45, 7) is 8.98. The molecule has 0 aliphatic heterocycles. The van der Waals surface area contributed by atoms with Gasteiger partial charge in [0.2, 0.25) is 6.29 Å². The van der Waals surface area contributed by atoms with Gasteiger partial charge in [-0.1, -0.05) is 26.5 Å². The molecule has 2 aromatic carbocycles. The van der Waals surface area contributed by atoms with Crippen LogP contribution in [-0.4, -0.2) is 54.5 Å². The number of anilines is 1. The van der Waals surface area contributed by atoms with E-state index in [9.17, 15) is 19.2 Å². The maximum atomic E-state index is 13.8. The van der Waals surface area contributed by atoms with Crippen molar-refractivity contribution < 1.29 is 33.4 Å². The number of hydrogen-bond acceptors (Lipinski definition) is 9. The molecule has 0 saturated heterocycles. The van der Waals surface area contributed by atoms with Crippen LogP contribution in [0.5, 0.6) is 5.75 Å². The summed E-state index contributed by atoms with van der Waals surface area (Å²) >= 11 is 0. The molecule has 1 heterocycles. The third-order valence-electron chi connectivity index (χ3n) is 7.17. The molecule has 46 heavy (non-hydrogen) atoms. The second kappa shape index (κ2) is 14.5. The second-order valence-corrected chi connectivity index (χ2v) is 11.1. The number of nitrogens with one attached hydrogen (secondary N) is 3. The smallest absolute Gasteiger partial charge is 0.360 e. The maximum absolute atomic E-state index is 13.8. The van der Waals surface area contributed by atoms with Crippen molar-refractivity contribution in [1.29, 1.82) is 5.41 Å². The number of carbonyl (C=O) groups excluding carboxylic acids is 4. The van der Waals surface area contributed by atoms with Crippen LogP contribution in [0.25, 0.3) is 17.2 Å². The van der Waals surface area contributed by atoms with E-state index in [1.165, 1.54) is 32.2 Å². The van der Waals surface area contributed by atoms with Crippen LogP contribution in [0.15, 0.2) is 55.1 Å². The number of nitrogens with two attached hydrogens (primary N) is 1. The van der Waals surface area contributed by atoms with Gasteiger partial charge in [0, 0.05) is 47.0 Å².